The van der Waals surface area contributed by atoms with Gasteiger partial charge in [0, 0.05) is 29.9 Å². The summed E-state index contributed by atoms with van der Waals surface area (Å²) in [5, 5.41) is 0. The third-order valence-electron chi connectivity index (χ3n) is 5.06. The van der Waals surface area contributed by atoms with Gasteiger partial charge in [-0.2, -0.15) is 0 Å². The van der Waals surface area contributed by atoms with Gasteiger partial charge in [-0.3, -0.25) is 14.5 Å². The lowest BCUT2D eigenvalue weighted by Gasteiger charge is -2.16. The molecule has 0 radical (unpaired) electrons. The fraction of sp³-hybridized carbons (Fsp3) is 0.250. The van der Waals surface area contributed by atoms with Crippen molar-refractivity contribution in [3.05, 3.63) is 97.4 Å². The van der Waals surface area contributed by atoms with Crippen LogP contribution in [0.5, 0.6) is 5.75 Å². The van der Waals surface area contributed by atoms with Crippen LogP contribution in [0.1, 0.15) is 22.4 Å². The number of carbonyl (C=O) groups is 1. The number of nitrogens with two attached hydrogens (primary N) is 1. The second-order valence-corrected chi connectivity index (χ2v) is 8.63. The molecule has 34 heavy (non-hydrogen) atoms. The van der Waals surface area contributed by atoms with Gasteiger partial charge >= 0.3 is 0 Å². The number of nitrogens with zero attached hydrogens (tertiary/aromatic N) is 2. The molecule has 0 aliphatic rings. The number of halogens is 4. The normalized spacial score (nSPS) is 10.8. The topological polar surface area (TPSA) is 77.6 Å². The summed E-state index contributed by atoms with van der Waals surface area (Å²) in [5.41, 5.74) is 7.73. The summed E-state index contributed by atoms with van der Waals surface area (Å²) in [4.78, 5) is 25.8. The molecule has 1 heterocycles. The molecule has 0 saturated heterocycles. The van der Waals surface area contributed by atoms with Crippen molar-refractivity contribution < 1.29 is 18.3 Å². The Morgan fingerprint density at radius 2 is 1.76 bits per heavy atom. The van der Waals surface area contributed by atoms with Crippen molar-refractivity contribution >= 4 is 34.2 Å². The number of amides is 1. The van der Waals surface area contributed by atoms with Crippen LogP contribution >= 0.6 is 28.3 Å². The van der Waals surface area contributed by atoms with E-state index in [0.29, 0.717) is 18.8 Å². The van der Waals surface area contributed by atoms with E-state index < -0.39 is 11.6 Å². The molecule has 6 nitrogen and oxygen atoms in total. The van der Waals surface area contributed by atoms with Crippen molar-refractivity contribution in [2.24, 2.45) is 5.73 Å². The van der Waals surface area contributed by atoms with Crippen molar-refractivity contribution in [3.8, 4) is 5.75 Å². The first kappa shape index (κ1) is 27.5. The van der Waals surface area contributed by atoms with Crippen LogP contribution in [0.15, 0.2) is 57.8 Å². The van der Waals surface area contributed by atoms with Crippen molar-refractivity contribution in [1.82, 2.24) is 9.47 Å². The lowest BCUT2D eigenvalue weighted by molar-refractivity contribution is -0.118. The third kappa shape index (κ3) is 7.12. The van der Waals surface area contributed by atoms with E-state index in [0.717, 1.165) is 23.3 Å². The zero-order valence-electron chi connectivity index (χ0n) is 18.7. The Hall–Kier alpha value is -2.75. The van der Waals surface area contributed by atoms with Crippen LogP contribution in [0.4, 0.5) is 8.78 Å². The number of aryl methyl sites for hydroxylation is 1. The summed E-state index contributed by atoms with van der Waals surface area (Å²) in [6.07, 6.45) is 0. The number of rotatable bonds is 9. The molecule has 3 aromatic rings. The number of hydrogen-bond acceptors (Lipinski definition) is 4. The van der Waals surface area contributed by atoms with Gasteiger partial charge < -0.3 is 15.0 Å². The average molecular weight is 557 g/mol. The summed E-state index contributed by atoms with van der Waals surface area (Å²) < 4.78 is 34.4. The summed E-state index contributed by atoms with van der Waals surface area (Å²) >= 11 is 3.29. The van der Waals surface area contributed by atoms with Crippen LogP contribution in [0, 0.1) is 18.6 Å². The first-order chi connectivity index (χ1) is 15.6. The molecule has 0 aliphatic heterocycles. The van der Waals surface area contributed by atoms with Crippen molar-refractivity contribution in [1.29, 1.82) is 0 Å². The minimum atomic E-state index is -0.708. The van der Waals surface area contributed by atoms with E-state index in [-0.39, 0.29) is 52.8 Å². The number of primary amides is 1. The number of pyridine rings is 1. The molecule has 0 spiro atoms. The Labute approximate surface area is 210 Å². The lowest BCUT2D eigenvalue weighted by atomic mass is 10.1. The molecule has 3 rings (SSSR count). The zero-order valence-corrected chi connectivity index (χ0v) is 21.1. The number of hydrogen-bond donors (Lipinski definition) is 1. The van der Waals surface area contributed by atoms with E-state index in [1.807, 2.05) is 36.2 Å². The highest BCUT2D eigenvalue weighted by atomic mass is 79.9. The monoisotopic (exact) mass is 555 g/mol. The minimum Gasteiger partial charge on any atom is -0.487 e. The van der Waals surface area contributed by atoms with Crippen molar-refractivity contribution in [2.75, 3.05) is 13.6 Å². The Balaban J connectivity index is 0.00000408. The van der Waals surface area contributed by atoms with Crippen LogP contribution in [-0.4, -0.2) is 29.0 Å². The van der Waals surface area contributed by atoms with Crippen molar-refractivity contribution in [3.63, 3.8) is 0 Å². The summed E-state index contributed by atoms with van der Waals surface area (Å²) in [7, 11) is 1.81. The molecular weight excluding hydrogens is 532 g/mol. The average Bonchev–Trinajstić information content (AvgIpc) is 2.74. The zero-order chi connectivity index (χ0) is 24.1. The second-order valence-electron chi connectivity index (χ2n) is 7.83. The summed E-state index contributed by atoms with van der Waals surface area (Å²) in [5.74, 6) is -1.47. The molecule has 1 amide bonds. The highest BCUT2D eigenvalue weighted by molar-refractivity contribution is 9.10. The molecule has 0 aliphatic carbocycles. The highest BCUT2D eigenvalue weighted by Crippen LogP contribution is 2.24. The fourth-order valence-electron chi connectivity index (χ4n) is 3.38. The maximum absolute atomic E-state index is 13.9. The molecule has 182 valence electrons. The minimum absolute atomic E-state index is 0. The van der Waals surface area contributed by atoms with Gasteiger partial charge in [0.05, 0.1) is 13.1 Å². The lowest BCUT2D eigenvalue weighted by Crippen LogP contribution is -2.30. The van der Waals surface area contributed by atoms with Crippen molar-refractivity contribution in [2.45, 2.75) is 26.6 Å². The maximum atomic E-state index is 13.9. The van der Waals surface area contributed by atoms with E-state index in [9.17, 15) is 18.4 Å². The Morgan fingerprint density at radius 1 is 1.12 bits per heavy atom. The maximum Gasteiger partial charge on any atom is 0.269 e. The number of carbonyl (C=O) groups excluding carboxylic acids is 1. The quantitative estimate of drug-likeness (QED) is 0.429. The van der Waals surface area contributed by atoms with Gasteiger partial charge in [-0.25, -0.2) is 8.78 Å². The number of benzene rings is 2. The van der Waals surface area contributed by atoms with E-state index in [1.165, 1.54) is 6.07 Å². The van der Waals surface area contributed by atoms with E-state index >= 15 is 0 Å². The Bertz CT molecular complexity index is 1220. The first-order valence-electron chi connectivity index (χ1n) is 10.2. The Morgan fingerprint density at radius 3 is 2.38 bits per heavy atom. The fourth-order valence-corrected chi connectivity index (χ4v) is 3.82. The molecule has 0 atom stereocenters. The van der Waals surface area contributed by atoms with Crippen LogP contribution in [0.2, 0.25) is 0 Å². The molecule has 0 unspecified atom stereocenters. The predicted octanol–water partition coefficient (Wildman–Crippen LogP) is 4.16. The summed E-state index contributed by atoms with van der Waals surface area (Å²) in [6, 6.07) is 12.7. The van der Waals surface area contributed by atoms with E-state index in [1.54, 1.807) is 17.6 Å². The largest absolute Gasteiger partial charge is 0.487 e. The second kappa shape index (κ2) is 12.1. The first-order valence-corrected chi connectivity index (χ1v) is 10.9. The highest BCUT2D eigenvalue weighted by Gasteiger charge is 2.14. The van der Waals surface area contributed by atoms with Crippen LogP contribution in [-0.2, 0) is 24.5 Å². The van der Waals surface area contributed by atoms with Gasteiger partial charge in [0.2, 0.25) is 5.91 Å². The molecule has 0 bridgehead atoms. The molecule has 0 saturated carbocycles. The van der Waals surface area contributed by atoms with Gasteiger partial charge in [0.15, 0.2) is 0 Å². The summed E-state index contributed by atoms with van der Waals surface area (Å²) in [6.45, 7) is 2.75. The van der Waals surface area contributed by atoms with Crippen LogP contribution in [0.25, 0.3) is 0 Å². The smallest absolute Gasteiger partial charge is 0.269 e. The standard InChI is InChI=1S/C24H24BrF2N3O3.ClH/c1-15-9-21(33-14-18-7-8-19(26)10-20(18)27)23(25)24(32)30(15)12-17-5-3-16(4-6-17)11-29(2)13-22(28)31;/h3-10H,11-14H2,1-2H3,(H2,28,31);1H. The predicted molar refractivity (Wildman–Crippen MR) is 132 cm³/mol. The van der Waals surface area contributed by atoms with E-state index in [2.05, 4.69) is 15.9 Å². The number of ether oxygens (including phenoxy) is 1. The van der Waals surface area contributed by atoms with Gasteiger partial charge in [-0.05, 0) is 53.2 Å². The van der Waals surface area contributed by atoms with Gasteiger partial charge in [0.1, 0.15) is 28.5 Å². The van der Waals surface area contributed by atoms with Crippen LogP contribution in [0.3, 0.4) is 0 Å². The van der Waals surface area contributed by atoms with Gasteiger partial charge in [0.25, 0.3) is 5.56 Å². The molecule has 2 aromatic carbocycles. The van der Waals surface area contributed by atoms with E-state index in [4.69, 9.17) is 10.5 Å². The number of aromatic nitrogens is 1. The van der Waals surface area contributed by atoms with Gasteiger partial charge in [-0.1, -0.05) is 24.3 Å². The molecule has 10 heteroatoms. The SMILES string of the molecule is Cc1cc(OCc2ccc(F)cc2F)c(Br)c(=O)n1Cc1ccc(CN(C)CC(N)=O)cc1.Cl. The molecular formula is C24H25BrClF2N3O3. The van der Waals surface area contributed by atoms with Crippen LogP contribution < -0.4 is 16.0 Å². The van der Waals surface area contributed by atoms with Gasteiger partial charge in [-0.15, -0.1) is 12.4 Å². The number of likely N-dealkylation sites (N-methyl/N-ethyl adjacent to an activating group) is 1. The molecule has 0 fully saturated rings. The third-order valence-corrected chi connectivity index (χ3v) is 5.79. The Kier molecular flexibility index (Phi) is 9.78. The molecule has 2 N–H and O–H groups in total. The molecule has 1 aromatic heterocycles.